The van der Waals surface area contributed by atoms with Crippen LogP contribution < -0.4 is 4.90 Å². The third-order valence-corrected chi connectivity index (χ3v) is 25.8. The molecule has 0 spiro atoms. The number of carbonyl (C=O) groups is 1. The topological polar surface area (TPSA) is 64.3 Å². The first-order chi connectivity index (χ1) is 37.7. The van der Waals surface area contributed by atoms with Gasteiger partial charge in [0.1, 0.15) is 11.6 Å². The van der Waals surface area contributed by atoms with Gasteiger partial charge in [0.25, 0.3) is 0 Å². The van der Waals surface area contributed by atoms with Gasteiger partial charge in [-0.15, -0.1) is 57.5 Å². The maximum Gasteiger partial charge on any atom is 0.346 e. The number of fused-ring (bicyclic) bond motifs is 9. The average molecular weight is 1120 g/mol. The number of benzene rings is 2. The molecule has 1 fully saturated rings. The zero-order valence-corrected chi connectivity index (χ0v) is 50.3. The van der Waals surface area contributed by atoms with E-state index in [4.69, 9.17) is 0 Å². The first-order valence-corrected chi connectivity index (χ1v) is 32.9. The minimum atomic E-state index is -1.18. The molecule has 12 rings (SSSR count). The number of allylic oxidation sites excluding steroid dienone is 11. The van der Waals surface area contributed by atoms with Crippen LogP contribution in [0.25, 0.3) is 31.2 Å². The Morgan fingerprint density at radius 3 is 2.27 bits per heavy atom. The van der Waals surface area contributed by atoms with Crippen molar-refractivity contribution in [2.75, 3.05) is 4.90 Å². The van der Waals surface area contributed by atoms with Gasteiger partial charge in [0.2, 0.25) is 0 Å². The summed E-state index contributed by atoms with van der Waals surface area (Å²) in [6, 6.07) is 26.0. The highest BCUT2D eigenvalue weighted by molar-refractivity contribution is 8.11. The van der Waals surface area contributed by atoms with Crippen molar-refractivity contribution in [3.05, 3.63) is 181 Å². The van der Waals surface area contributed by atoms with E-state index in [0.717, 1.165) is 24.1 Å². The molecule has 400 valence electrons. The number of aliphatic carboxylic acids is 1. The van der Waals surface area contributed by atoms with Crippen molar-refractivity contribution >= 4 is 85.9 Å². The van der Waals surface area contributed by atoms with Crippen molar-refractivity contribution in [2.45, 2.75) is 146 Å². The summed E-state index contributed by atoms with van der Waals surface area (Å²) in [4.78, 5) is 24.5. The molecule has 0 bridgehead atoms. The van der Waals surface area contributed by atoms with Gasteiger partial charge >= 0.3 is 5.97 Å². The van der Waals surface area contributed by atoms with Crippen LogP contribution in [0.15, 0.2) is 149 Å². The molecule has 4 nitrogen and oxygen atoms in total. The molecule has 5 heterocycles. The van der Waals surface area contributed by atoms with E-state index in [-0.39, 0.29) is 27.1 Å². The molecular formula is C69H72N2O2S5. The molecule has 2 aromatic carbocycles. The van der Waals surface area contributed by atoms with E-state index in [0.29, 0.717) is 28.9 Å². The Morgan fingerprint density at radius 2 is 1.53 bits per heavy atom. The SMILES string of the molecule is CCCCCCc1cc(-c2sc(C3=CC4Sc5cc(/C=C(/C#N)C(=O)O)sc5C4S3)cc2CCCCCC)sc1-c1ccc(N(C2=CC3C(C=C2)C2=CC=CCC2C3(C)C)c2ccc3c(c2)C(C)(C)C2(C)C=CC=CC32)cc1. The molecule has 5 aromatic rings. The van der Waals surface area contributed by atoms with E-state index >= 15 is 0 Å². The van der Waals surface area contributed by atoms with Crippen molar-refractivity contribution in [3.8, 4) is 26.3 Å². The molecule has 7 atom stereocenters. The number of carboxylic acids is 1. The quantitative estimate of drug-likeness (QED) is 0.0536. The summed E-state index contributed by atoms with van der Waals surface area (Å²) in [5.41, 5.74) is 12.3. The van der Waals surface area contributed by atoms with Crippen LogP contribution in [0.4, 0.5) is 11.4 Å². The molecule has 0 radical (unpaired) electrons. The van der Waals surface area contributed by atoms with Crippen LogP contribution >= 0.6 is 57.5 Å². The number of thioether (sulfide) groups is 2. The first-order valence-electron chi connectivity index (χ1n) is 28.7. The fourth-order valence-electron chi connectivity index (χ4n) is 14.0. The Bertz CT molecular complexity index is 3480. The fourth-order valence-corrected chi connectivity index (χ4v) is 21.3. The summed E-state index contributed by atoms with van der Waals surface area (Å²) in [5, 5.41) is 19.6. The molecule has 7 unspecified atom stereocenters. The van der Waals surface area contributed by atoms with E-state index in [1.54, 1.807) is 16.9 Å². The number of carboxylic acid groups (broad SMARTS) is 1. The summed E-state index contributed by atoms with van der Waals surface area (Å²) < 4.78 is 0. The number of anilines is 2. The standard InChI is InChI=1S/C69H72N2O2S5/c1-8-10-12-14-20-43-36-59(63-44(21-15-13-11-9-2)35-57(76-63)58-40-61-65(77-58)64-60(75-61)39-49(74-64)34-45(41-70)66(72)73)78-62(43)42-25-27-46(28-26-42)71(47-29-31-51-50-22-16-17-23-53(50)67(3,4)55(51)37-47)48-30-32-52-54-24-18-19-33-69(54,7)68(5,6)56(52)38-48/h16-19,22,24-40,51,53-55,61,65H,8-15,20-21,23H2,1-7H3,(H,72,73)/b45-34-. The fraction of sp³-hybridized carbons (Fsp3) is 0.391. The molecule has 0 amide bonds. The molecule has 3 aromatic heterocycles. The monoisotopic (exact) mass is 1120 g/mol. The van der Waals surface area contributed by atoms with Crippen LogP contribution in [-0.2, 0) is 23.1 Å². The predicted octanol–water partition coefficient (Wildman–Crippen LogP) is 20.6. The summed E-state index contributed by atoms with van der Waals surface area (Å²) in [5.74, 6) is 0.568. The van der Waals surface area contributed by atoms with Crippen LogP contribution in [0.5, 0.6) is 0 Å². The van der Waals surface area contributed by atoms with Crippen molar-refractivity contribution in [3.63, 3.8) is 0 Å². The molecule has 7 aliphatic rings. The number of hydrogen-bond acceptors (Lipinski definition) is 8. The van der Waals surface area contributed by atoms with Gasteiger partial charge in [0.05, 0.1) is 5.25 Å². The second kappa shape index (κ2) is 21.4. The van der Waals surface area contributed by atoms with Crippen molar-refractivity contribution in [1.82, 2.24) is 0 Å². The highest BCUT2D eigenvalue weighted by Crippen LogP contribution is 2.65. The molecular weight excluding hydrogens is 1050 g/mol. The second-order valence-corrected chi connectivity index (χ2v) is 29.7. The summed E-state index contributed by atoms with van der Waals surface area (Å²) in [6.45, 7) is 17.0. The van der Waals surface area contributed by atoms with E-state index in [1.807, 2.05) is 52.3 Å². The van der Waals surface area contributed by atoms with Gasteiger partial charge in [-0.3, -0.25) is 0 Å². The number of aryl methyl sites for hydroxylation is 2. The van der Waals surface area contributed by atoms with Gasteiger partial charge in [0, 0.05) is 78.6 Å². The second-order valence-electron chi connectivity index (χ2n) is 24.0. The summed E-state index contributed by atoms with van der Waals surface area (Å²) in [7, 11) is 0. The van der Waals surface area contributed by atoms with Gasteiger partial charge in [-0.25, -0.2) is 4.79 Å². The first kappa shape index (κ1) is 53.6. The lowest BCUT2D eigenvalue weighted by molar-refractivity contribution is -0.132. The third-order valence-electron chi connectivity index (χ3n) is 18.8. The van der Waals surface area contributed by atoms with E-state index in [1.165, 1.54) is 137 Å². The Labute approximate surface area is 484 Å². The van der Waals surface area contributed by atoms with Crippen LogP contribution in [0.3, 0.4) is 0 Å². The Hall–Kier alpha value is -5.08. The maximum atomic E-state index is 11.7. The minimum absolute atomic E-state index is 0.00744. The van der Waals surface area contributed by atoms with Gasteiger partial charge in [-0.2, -0.15) is 5.26 Å². The van der Waals surface area contributed by atoms with Gasteiger partial charge in [-0.05, 0) is 137 Å². The van der Waals surface area contributed by atoms with Crippen molar-refractivity contribution in [1.29, 1.82) is 5.26 Å². The Kier molecular flexibility index (Phi) is 14.7. The van der Waals surface area contributed by atoms with Crippen LogP contribution in [-0.4, -0.2) is 16.3 Å². The lowest BCUT2D eigenvalue weighted by Crippen LogP contribution is -2.36. The number of thiophene rings is 3. The number of hydrogen-bond donors (Lipinski definition) is 1. The van der Waals surface area contributed by atoms with Gasteiger partial charge < -0.3 is 10.0 Å². The number of nitrogens with zero attached hydrogens (tertiary/aromatic N) is 2. The van der Waals surface area contributed by atoms with Gasteiger partial charge in [0.15, 0.2) is 0 Å². The molecule has 2 aliphatic heterocycles. The summed E-state index contributed by atoms with van der Waals surface area (Å²) >= 11 is 9.45. The average Bonchev–Trinajstić information content (AvgIpc) is 4.51. The van der Waals surface area contributed by atoms with Gasteiger partial charge in [-0.1, -0.05) is 172 Å². The molecule has 9 heteroatoms. The maximum absolute atomic E-state index is 11.7. The zero-order valence-electron chi connectivity index (χ0n) is 46.2. The lowest BCUT2D eigenvalue weighted by Gasteiger charge is -2.41. The molecule has 78 heavy (non-hydrogen) atoms. The van der Waals surface area contributed by atoms with Crippen molar-refractivity contribution in [2.24, 2.45) is 28.6 Å². The number of unbranched alkanes of at least 4 members (excludes halogenated alkanes) is 6. The van der Waals surface area contributed by atoms with E-state index in [9.17, 15) is 15.2 Å². The largest absolute Gasteiger partial charge is 0.477 e. The minimum Gasteiger partial charge on any atom is -0.477 e. The predicted molar refractivity (Wildman–Crippen MR) is 336 cm³/mol. The zero-order chi connectivity index (χ0) is 54.1. The molecule has 5 aliphatic carbocycles. The molecule has 1 saturated carbocycles. The molecule has 0 saturated heterocycles. The summed E-state index contributed by atoms with van der Waals surface area (Å²) in [6.07, 6.45) is 41.2. The normalized spacial score (nSPS) is 25.4. The van der Waals surface area contributed by atoms with Crippen LogP contribution in [0.2, 0.25) is 0 Å². The Balaban J connectivity index is 0.897. The van der Waals surface area contributed by atoms with Crippen LogP contribution in [0, 0.1) is 39.9 Å². The van der Waals surface area contributed by atoms with Crippen LogP contribution in [0.1, 0.15) is 154 Å². The number of nitriles is 1. The molecule has 1 N–H and O–H groups in total. The highest BCUT2D eigenvalue weighted by Gasteiger charge is 2.54. The number of rotatable bonds is 18. The van der Waals surface area contributed by atoms with Crippen molar-refractivity contribution < 1.29 is 9.90 Å². The Morgan fingerprint density at radius 1 is 0.795 bits per heavy atom. The highest BCUT2D eigenvalue weighted by atomic mass is 32.2. The smallest absolute Gasteiger partial charge is 0.346 e. The third kappa shape index (κ3) is 9.32. The van der Waals surface area contributed by atoms with E-state index in [2.05, 4.69) is 181 Å². The van der Waals surface area contributed by atoms with E-state index < -0.39 is 5.97 Å². The lowest BCUT2D eigenvalue weighted by atomic mass is 9.62.